The van der Waals surface area contributed by atoms with Crippen molar-refractivity contribution in [3.8, 4) is 0 Å². The topological polar surface area (TPSA) is 55.1 Å². The van der Waals surface area contributed by atoms with Crippen molar-refractivity contribution in [2.75, 3.05) is 17.3 Å². The molecule has 1 amide bonds. The Morgan fingerprint density at radius 2 is 2.36 bits per heavy atom. The lowest BCUT2D eigenvalue weighted by molar-refractivity contribution is -0.113. The van der Waals surface area contributed by atoms with Crippen LogP contribution in [0.5, 0.6) is 0 Å². The van der Waals surface area contributed by atoms with Crippen molar-refractivity contribution in [2.24, 2.45) is 5.73 Å². The number of thioether (sulfide) groups is 1. The number of hydrogen-bond acceptors (Lipinski definition) is 3. The van der Waals surface area contributed by atoms with Gasteiger partial charge >= 0.3 is 0 Å². The maximum absolute atomic E-state index is 11.2. The zero-order valence-corrected chi connectivity index (χ0v) is 8.93. The number of nitrogens with two attached hydrogens (primary N) is 1. The number of anilines is 1. The Labute approximate surface area is 88.1 Å². The molecule has 0 radical (unpaired) electrons. The lowest BCUT2D eigenvalue weighted by atomic mass is 10.2. The summed E-state index contributed by atoms with van der Waals surface area (Å²) in [7, 11) is 0. The third-order valence-electron chi connectivity index (χ3n) is 1.72. The summed E-state index contributed by atoms with van der Waals surface area (Å²) in [5, 5.41) is 2.80. The van der Waals surface area contributed by atoms with E-state index >= 15 is 0 Å². The largest absolute Gasteiger partial charge is 0.326 e. The number of nitrogens with one attached hydrogen (secondary N) is 1. The molecule has 0 heterocycles. The van der Waals surface area contributed by atoms with Gasteiger partial charge in [-0.15, -0.1) is 0 Å². The van der Waals surface area contributed by atoms with Crippen molar-refractivity contribution in [2.45, 2.75) is 6.54 Å². The highest BCUT2D eigenvalue weighted by atomic mass is 32.2. The molecule has 14 heavy (non-hydrogen) atoms. The van der Waals surface area contributed by atoms with Crippen LogP contribution in [0.1, 0.15) is 5.56 Å². The smallest absolute Gasteiger partial charge is 0.234 e. The van der Waals surface area contributed by atoms with Gasteiger partial charge in [-0.25, -0.2) is 0 Å². The molecule has 0 aliphatic rings. The number of carbonyl (C=O) groups excluding carboxylic acids is 1. The molecule has 0 unspecified atom stereocenters. The van der Waals surface area contributed by atoms with E-state index in [0.29, 0.717) is 12.3 Å². The summed E-state index contributed by atoms with van der Waals surface area (Å²) >= 11 is 1.50. The van der Waals surface area contributed by atoms with Crippen LogP contribution in [-0.2, 0) is 11.3 Å². The molecule has 3 N–H and O–H groups in total. The van der Waals surface area contributed by atoms with E-state index in [1.165, 1.54) is 11.8 Å². The van der Waals surface area contributed by atoms with E-state index in [0.717, 1.165) is 11.3 Å². The van der Waals surface area contributed by atoms with Crippen molar-refractivity contribution in [3.05, 3.63) is 29.8 Å². The van der Waals surface area contributed by atoms with Gasteiger partial charge in [-0.2, -0.15) is 11.8 Å². The second-order valence-corrected chi connectivity index (χ2v) is 3.75. The van der Waals surface area contributed by atoms with E-state index in [-0.39, 0.29) is 5.91 Å². The number of amides is 1. The van der Waals surface area contributed by atoms with E-state index in [4.69, 9.17) is 5.73 Å². The number of benzene rings is 1. The minimum Gasteiger partial charge on any atom is -0.326 e. The fourth-order valence-corrected chi connectivity index (χ4v) is 1.44. The van der Waals surface area contributed by atoms with Gasteiger partial charge in [0.2, 0.25) is 5.91 Å². The maximum Gasteiger partial charge on any atom is 0.234 e. The Morgan fingerprint density at radius 3 is 3.00 bits per heavy atom. The van der Waals surface area contributed by atoms with Crippen LogP contribution in [-0.4, -0.2) is 17.9 Å². The summed E-state index contributed by atoms with van der Waals surface area (Å²) in [5.41, 5.74) is 7.32. The van der Waals surface area contributed by atoms with Gasteiger partial charge in [-0.1, -0.05) is 12.1 Å². The Morgan fingerprint density at radius 1 is 1.57 bits per heavy atom. The minimum absolute atomic E-state index is 0.0201. The van der Waals surface area contributed by atoms with Gasteiger partial charge in [0.15, 0.2) is 0 Å². The average Bonchev–Trinajstić information content (AvgIpc) is 2.18. The van der Waals surface area contributed by atoms with E-state index in [9.17, 15) is 4.79 Å². The van der Waals surface area contributed by atoms with E-state index < -0.39 is 0 Å². The first-order chi connectivity index (χ1) is 6.76. The van der Waals surface area contributed by atoms with Crippen LogP contribution in [0.4, 0.5) is 5.69 Å². The molecule has 0 aliphatic heterocycles. The second-order valence-electron chi connectivity index (χ2n) is 2.89. The van der Waals surface area contributed by atoms with Crippen molar-refractivity contribution in [1.29, 1.82) is 0 Å². The van der Waals surface area contributed by atoms with Crippen LogP contribution < -0.4 is 11.1 Å². The van der Waals surface area contributed by atoms with Gasteiger partial charge in [0.05, 0.1) is 5.75 Å². The summed E-state index contributed by atoms with van der Waals surface area (Å²) in [6, 6.07) is 7.57. The number of hydrogen-bond donors (Lipinski definition) is 2. The van der Waals surface area contributed by atoms with Crippen molar-refractivity contribution >= 4 is 23.4 Å². The van der Waals surface area contributed by atoms with Gasteiger partial charge in [0.1, 0.15) is 0 Å². The molecule has 3 nitrogen and oxygen atoms in total. The first-order valence-electron chi connectivity index (χ1n) is 4.34. The lowest BCUT2D eigenvalue weighted by Gasteiger charge is -2.05. The third kappa shape index (κ3) is 3.40. The van der Waals surface area contributed by atoms with Gasteiger partial charge in [0.25, 0.3) is 0 Å². The van der Waals surface area contributed by atoms with Crippen LogP contribution in [0.3, 0.4) is 0 Å². The predicted molar refractivity (Wildman–Crippen MR) is 61.3 cm³/mol. The molecular weight excluding hydrogens is 196 g/mol. The fourth-order valence-electron chi connectivity index (χ4n) is 1.10. The van der Waals surface area contributed by atoms with Crippen LogP contribution in [0, 0.1) is 0 Å². The van der Waals surface area contributed by atoms with E-state index in [2.05, 4.69) is 5.32 Å². The number of rotatable bonds is 4. The molecule has 4 heteroatoms. The molecule has 0 spiro atoms. The molecule has 1 aromatic carbocycles. The van der Waals surface area contributed by atoms with Crippen LogP contribution in [0.2, 0.25) is 0 Å². The Bertz CT molecular complexity index is 315. The third-order valence-corrected chi connectivity index (χ3v) is 2.27. The highest BCUT2D eigenvalue weighted by Crippen LogP contribution is 2.10. The van der Waals surface area contributed by atoms with Crippen LogP contribution >= 0.6 is 11.8 Å². The molecule has 0 saturated carbocycles. The fraction of sp³-hybridized carbons (Fsp3) is 0.300. The normalized spacial score (nSPS) is 9.86. The summed E-state index contributed by atoms with van der Waals surface area (Å²) < 4.78 is 0. The molecular formula is C10H14N2OS. The zero-order chi connectivity index (χ0) is 10.4. The van der Waals surface area contributed by atoms with Gasteiger partial charge in [0, 0.05) is 12.2 Å². The Balaban J connectivity index is 2.62. The van der Waals surface area contributed by atoms with Crippen molar-refractivity contribution in [1.82, 2.24) is 0 Å². The summed E-state index contributed by atoms with van der Waals surface area (Å²) in [5.74, 6) is 0.499. The predicted octanol–water partition coefficient (Wildman–Crippen LogP) is 1.45. The molecule has 0 atom stereocenters. The lowest BCUT2D eigenvalue weighted by Crippen LogP contribution is -2.14. The zero-order valence-electron chi connectivity index (χ0n) is 8.12. The molecule has 0 aliphatic carbocycles. The van der Waals surface area contributed by atoms with Crippen molar-refractivity contribution < 1.29 is 4.79 Å². The second kappa shape index (κ2) is 5.67. The summed E-state index contributed by atoms with van der Waals surface area (Å²) in [4.78, 5) is 11.2. The molecule has 0 bridgehead atoms. The van der Waals surface area contributed by atoms with Gasteiger partial charge in [-0.05, 0) is 24.0 Å². The first-order valence-corrected chi connectivity index (χ1v) is 5.73. The molecule has 1 rings (SSSR count). The Hall–Kier alpha value is -1.00. The quantitative estimate of drug-likeness (QED) is 0.790. The molecule has 0 aromatic heterocycles. The first kappa shape index (κ1) is 11.1. The van der Waals surface area contributed by atoms with Crippen LogP contribution in [0.15, 0.2) is 24.3 Å². The standard InChI is InChI=1S/C10H14N2OS/c1-14-7-10(13)12-9-4-2-3-8(5-9)6-11/h2-5H,6-7,11H2,1H3,(H,12,13). The van der Waals surface area contributed by atoms with E-state index in [1.54, 1.807) is 0 Å². The molecule has 1 aromatic rings. The molecule has 0 fully saturated rings. The maximum atomic E-state index is 11.2. The average molecular weight is 210 g/mol. The highest BCUT2D eigenvalue weighted by molar-refractivity contribution is 7.99. The molecule has 76 valence electrons. The monoisotopic (exact) mass is 210 g/mol. The van der Waals surface area contributed by atoms with Crippen LogP contribution in [0.25, 0.3) is 0 Å². The SMILES string of the molecule is CSCC(=O)Nc1cccc(CN)c1. The van der Waals surface area contributed by atoms with Crippen molar-refractivity contribution in [3.63, 3.8) is 0 Å². The van der Waals surface area contributed by atoms with E-state index in [1.807, 2.05) is 30.5 Å². The Kier molecular flexibility index (Phi) is 4.49. The minimum atomic E-state index is 0.0201. The summed E-state index contributed by atoms with van der Waals surface area (Å²) in [6.07, 6.45) is 1.90. The van der Waals surface area contributed by atoms with Gasteiger partial charge in [-0.3, -0.25) is 4.79 Å². The highest BCUT2D eigenvalue weighted by Gasteiger charge is 2.00. The van der Waals surface area contributed by atoms with Gasteiger partial charge < -0.3 is 11.1 Å². The molecule has 0 saturated heterocycles. The summed E-state index contributed by atoms with van der Waals surface area (Å²) in [6.45, 7) is 0.492. The number of carbonyl (C=O) groups is 1.